The van der Waals surface area contributed by atoms with Crippen molar-refractivity contribution < 1.29 is 9.18 Å². The zero-order chi connectivity index (χ0) is 34.3. The van der Waals surface area contributed by atoms with Gasteiger partial charge >= 0.3 is 0 Å². The standard InChI is InChI=1S/C24H30N2O.C8H9F.C8H18.C2H6/c1-3-12-25-13-11-19(2)7-10-24-17-23(18-26(24)14-15-27)22-9-8-20-5-4-6-21(20)16-22;1-6-3-4-8(9)7(2)5-6;1-4-6-8(3)7-5-2;1-2/h1,8-9,11,13,15-16,23-24H,4-7,10,12,14,17-18H2,2H3;3-5H,1-2H3;8H,4-7H2,1-3H3;1-2H3/b19-11+,25-13?;;;. The van der Waals surface area contributed by atoms with E-state index in [-0.39, 0.29) is 5.82 Å². The smallest absolute Gasteiger partial charge is 0.133 e. The fourth-order valence-electron chi connectivity index (χ4n) is 6.38. The molecule has 0 radical (unpaired) electrons. The monoisotopic (exact) mass is 630 g/mol. The van der Waals surface area contributed by atoms with E-state index in [0.29, 0.717) is 25.0 Å². The first-order chi connectivity index (χ1) is 22.2. The first-order valence-corrected chi connectivity index (χ1v) is 17.8. The van der Waals surface area contributed by atoms with Gasteiger partial charge < -0.3 is 4.79 Å². The van der Waals surface area contributed by atoms with Crippen LogP contribution in [0.25, 0.3) is 0 Å². The summed E-state index contributed by atoms with van der Waals surface area (Å²) in [5, 5.41) is 0. The van der Waals surface area contributed by atoms with E-state index in [1.54, 1.807) is 24.8 Å². The maximum Gasteiger partial charge on any atom is 0.133 e. The van der Waals surface area contributed by atoms with Gasteiger partial charge in [-0.25, -0.2) is 4.39 Å². The maximum absolute atomic E-state index is 12.5. The second-order valence-electron chi connectivity index (χ2n) is 12.8. The van der Waals surface area contributed by atoms with Crippen molar-refractivity contribution in [1.29, 1.82) is 0 Å². The summed E-state index contributed by atoms with van der Waals surface area (Å²) in [6, 6.07) is 12.6. The molecule has 0 bridgehead atoms. The van der Waals surface area contributed by atoms with E-state index in [1.807, 2.05) is 32.9 Å². The number of allylic oxidation sites excluding steroid dienone is 2. The van der Waals surface area contributed by atoms with E-state index in [9.17, 15) is 9.18 Å². The Morgan fingerprint density at radius 2 is 1.78 bits per heavy atom. The van der Waals surface area contributed by atoms with Gasteiger partial charge in [0.25, 0.3) is 0 Å². The number of benzene rings is 2. The van der Waals surface area contributed by atoms with E-state index in [1.165, 1.54) is 67.7 Å². The second-order valence-corrected chi connectivity index (χ2v) is 12.8. The van der Waals surface area contributed by atoms with Gasteiger partial charge in [0.15, 0.2) is 0 Å². The number of terminal acetylenes is 1. The molecule has 0 saturated carbocycles. The number of aliphatic imine (C=N–C) groups is 1. The van der Waals surface area contributed by atoms with Crippen LogP contribution in [0.2, 0.25) is 0 Å². The van der Waals surface area contributed by atoms with Crippen LogP contribution in [0.5, 0.6) is 0 Å². The minimum absolute atomic E-state index is 0.124. The normalized spacial score (nSPS) is 17.3. The van der Waals surface area contributed by atoms with Crippen molar-refractivity contribution in [3.05, 3.63) is 81.7 Å². The van der Waals surface area contributed by atoms with Crippen LogP contribution >= 0.6 is 0 Å². The Morgan fingerprint density at radius 1 is 1.09 bits per heavy atom. The lowest BCUT2D eigenvalue weighted by molar-refractivity contribution is -0.109. The Kier molecular flexibility index (Phi) is 21.6. The van der Waals surface area contributed by atoms with E-state index >= 15 is 0 Å². The summed E-state index contributed by atoms with van der Waals surface area (Å²) in [5.74, 6) is 3.89. The highest BCUT2D eigenvalue weighted by Gasteiger charge is 2.32. The van der Waals surface area contributed by atoms with Gasteiger partial charge in [-0.3, -0.25) is 9.89 Å². The summed E-state index contributed by atoms with van der Waals surface area (Å²) >= 11 is 0. The molecule has 4 heteroatoms. The molecule has 254 valence electrons. The average molecular weight is 631 g/mol. The largest absolute Gasteiger partial charge is 0.302 e. The molecule has 2 unspecified atom stereocenters. The number of nitrogens with zero attached hydrogens (tertiary/aromatic N) is 2. The Hall–Kier alpha value is -3.03. The van der Waals surface area contributed by atoms with Crippen LogP contribution in [0.4, 0.5) is 4.39 Å². The van der Waals surface area contributed by atoms with Crippen LogP contribution in [-0.2, 0) is 17.6 Å². The maximum atomic E-state index is 12.5. The first-order valence-electron chi connectivity index (χ1n) is 17.8. The van der Waals surface area contributed by atoms with Crippen LogP contribution in [0, 0.1) is 37.9 Å². The summed E-state index contributed by atoms with van der Waals surface area (Å²) in [5.41, 5.74) is 7.67. The van der Waals surface area contributed by atoms with E-state index in [2.05, 4.69) is 61.7 Å². The minimum Gasteiger partial charge on any atom is -0.302 e. The molecule has 2 aromatic rings. The van der Waals surface area contributed by atoms with Crippen LogP contribution in [-0.4, -0.2) is 43.1 Å². The number of hydrogen-bond donors (Lipinski definition) is 0. The summed E-state index contributed by atoms with van der Waals surface area (Å²) in [4.78, 5) is 17.7. The van der Waals surface area contributed by atoms with Gasteiger partial charge in [-0.15, -0.1) is 6.42 Å². The molecule has 2 atom stereocenters. The lowest BCUT2D eigenvalue weighted by Gasteiger charge is -2.21. The highest BCUT2D eigenvalue weighted by Crippen LogP contribution is 2.36. The molecular formula is C42H63FN2O. The summed E-state index contributed by atoms with van der Waals surface area (Å²) in [6.45, 7) is 18.7. The van der Waals surface area contributed by atoms with Gasteiger partial charge in [0.05, 0.1) is 13.1 Å². The molecule has 1 aliphatic carbocycles. The predicted molar refractivity (Wildman–Crippen MR) is 199 cm³/mol. The Balaban J connectivity index is 0.000000455. The molecule has 4 rings (SSSR count). The molecule has 2 aliphatic rings. The summed E-state index contributed by atoms with van der Waals surface area (Å²) in [7, 11) is 0. The number of rotatable bonds is 12. The molecular weight excluding hydrogens is 567 g/mol. The number of carbonyl (C=O) groups is 1. The third-order valence-electron chi connectivity index (χ3n) is 8.83. The topological polar surface area (TPSA) is 32.7 Å². The third kappa shape index (κ3) is 15.5. The van der Waals surface area contributed by atoms with Gasteiger partial charge in [0.2, 0.25) is 0 Å². The zero-order valence-corrected chi connectivity index (χ0v) is 30.4. The zero-order valence-electron chi connectivity index (χ0n) is 30.4. The molecule has 1 saturated heterocycles. The number of carbonyl (C=O) groups excluding carboxylic acids is 1. The minimum atomic E-state index is -0.124. The van der Waals surface area contributed by atoms with Crippen molar-refractivity contribution in [2.45, 2.75) is 132 Å². The van der Waals surface area contributed by atoms with Crippen LogP contribution in [0.1, 0.15) is 127 Å². The molecule has 46 heavy (non-hydrogen) atoms. The molecule has 3 nitrogen and oxygen atoms in total. The molecule has 1 heterocycles. The molecule has 0 spiro atoms. The van der Waals surface area contributed by atoms with Crippen molar-refractivity contribution >= 4 is 12.5 Å². The van der Waals surface area contributed by atoms with Gasteiger partial charge in [0.1, 0.15) is 12.1 Å². The van der Waals surface area contributed by atoms with Crippen molar-refractivity contribution in [1.82, 2.24) is 4.90 Å². The van der Waals surface area contributed by atoms with E-state index in [0.717, 1.165) is 49.1 Å². The third-order valence-corrected chi connectivity index (χ3v) is 8.83. The molecule has 1 aliphatic heterocycles. The number of likely N-dealkylation sites (tertiary alicyclic amines) is 1. The van der Waals surface area contributed by atoms with Gasteiger partial charge in [-0.2, -0.15) is 0 Å². The van der Waals surface area contributed by atoms with E-state index in [4.69, 9.17) is 6.42 Å². The quantitative estimate of drug-likeness (QED) is 0.133. The molecule has 0 amide bonds. The summed E-state index contributed by atoms with van der Waals surface area (Å²) in [6.07, 6.45) is 22.6. The molecule has 0 aromatic heterocycles. The number of aldehydes is 1. The fraction of sp³-hybridized carbons (Fsp3) is 0.571. The number of aryl methyl sites for hydroxylation is 4. The van der Waals surface area contributed by atoms with Crippen molar-refractivity contribution in [2.24, 2.45) is 10.9 Å². The Labute approximate surface area is 282 Å². The first kappa shape index (κ1) is 41.0. The Bertz CT molecular complexity index is 1230. The number of fused-ring (bicyclic) bond motifs is 1. The van der Waals surface area contributed by atoms with Crippen molar-refractivity contribution in [3.8, 4) is 12.3 Å². The van der Waals surface area contributed by atoms with Crippen LogP contribution in [0.15, 0.2) is 53.0 Å². The Morgan fingerprint density at radius 3 is 2.39 bits per heavy atom. The van der Waals surface area contributed by atoms with Crippen molar-refractivity contribution in [3.63, 3.8) is 0 Å². The molecule has 0 N–H and O–H groups in total. The average Bonchev–Trinajstić information content (AvgIpc) is 3.69. The fourth-order valence-corrected chi connectivity index (χ4v) is 6.38. The van der Waals surface area contributed by atoms with Crippen molar-refractivity contribution in [2.75, 3.05) is 19.6 Å². The highest BCUT2D eigenvalue weighted by atomic mass is 19.1. The highest BCUT2D eigenvalue weighted by molar-refractivity contribution is 5.72. The number of halogens is 1. The number of hydrogen-bond acceptors (Lipinski definition) is 3. The predicted octanol–water partition coefficient (Wildman–Crippen LogP) is 10.7. The van der Waals surface area contributed by atoms with Gasteiger partial charge in [0, 0.05) is 18.8 Å². The van der Waals surface area contributed by atoms with Gasteiger partial charge in [-0.1, -0.05) is 108 Å². The van der Waals surface area contributed by atoms with Crippen LogP contribution in [0.3, 0.4) is 0 Å². The lowest BCUT2D eigenvalue weighted by Crippen LogP contribution is -2.31. The second kappa shape index (κ2) is 24.2. The van der Waals surface area contributed by atoms with E-state index < -0.39 is 0 Å². The molecule has 1 fully saturated rings. The lowest BCUT2D eigenvalue weighted by atomic mass is 9.92. The SMILES string of the molecule is C#CCN=C/C=C(\C)CCC1CC(c2ccc3c(c2)CCC3)CN1CC=O.CC.CCCC(C)CCC.Cc1ccc(F)c(C)c1. The van der Waals surface area contributed by atoms with Gasteiger partial charge in [-0.05, 0) is 106 Å². The summed E-state index contributed by atoms with van der Waals surface area (Å²) < 4.78 is 12.5. The molecule has 2 aromatic carbocycles. The van der Waals surface area contributed by atoms with Crippen LogP contribution < -0.4 is 0 Å².